The number of fused-ring (bicyclic) bond motifs is 1. The Bertz CT molecular complexity index is 138. The molecule has 0 spiro atoms. The van der Waals surface area contributed by atoms with E-state index in [1.807, 2.05) is 0 Å². The lowest BCUT2D eigenvalue weighted by Crippen LogP contribution is -2.45. The van der Waals surface area contributed by atoms with Gasteiger partial charge in [0.25, 0.3) is 0 Å². The van der Waals surface area contributed by atoms with Crippen LogP contribution in [0, 0.1) is 5.92 Å². The van der Waals surface area contributed by atoms with Crippen LogP contribution < -0.4 is 5.73 Å². The summed E-state index contributed by atoms with van der Waals surface area (Å²) in [5.74, 6) is 0.890. The third-order valence-electron chi connectivity index (χ3n) is 3.45. The second kappa shape index (κ2) is 4.24. The zero-order valence-corrected chi connectivity index (χ0v) is 8.05. The highest BCUT2D eigenvalue weighted by Gasteiger charge is 2.40. The average Bonchev–Trinajstić information content (AvgIpc) is 2.49. The Balaban J connectivity index is 0.000000336. The Labute approximate surface area is 75.2 Å². The number of rotatable bonds is 0. The van der Waals surface area contributed by atoms with Crippen LogP contribution in [0.25, 0.3) is 0 Å². The predicted molar refractivity (Wildman–Crippen MR) is 50.9 cm³/mol. The first-order chi connectivity index (χ1) is 5.81. The summed E-state index contributed by atoms with van der Waals surface area (Å²) in [6, 6.07) is 0. The van der Waals surface area contributed by atoms with Gasteiger partial charge in [0.1, 0.15) is 0 Å². The van der Waals surface area contributed by atoms with Crippen LogP contribution in [0.2, 0.25) is 0 Å². The molecule has 3 N–H and O–H groups in total. The molecule has 0 amide bonds. The van der Waals surface area contributed by atoms with Crippen molar-refractivity contribution >= 4 is 0 Å². The number of nitrogens with two attached hydrogens (primary N) is 1. The third kappa shape index (κ3) is 1.80. The van der Waals surface area contributed by atoms with Gasteiger partial charge in [-0.15, -0.1) is 0 Å². The van der Waals surface area contributed by atoms with E-state index >= 15 is 0 Å². The molecule has 2 rings (SSSR count). The van der Waals surface area contributed by atoms with E-state index in [4.69, 9.17) is 10.8 Å². The fourth-order valence-corrected chi connectivity index (χ4v) is 2.77. The third-order valence-corrected chi connectivity index (χ3v) is 3.45. The molecule has 12 heavy (non-hydrogen) atoms. The molecule has 0 aromatic heterocycles. The molecular formula is C10H21NO. The van der Waals surface area contributed by atoms with Crippen LogP contribution in [0.4, 0.5) is 0 Å². The van der Waals surface area contributed by atoms with Crippen molar-refractivity contribution in [1.82, 2.24) is 0 Å². The van der Waals surface area contributed by atoms with Crippen LogP contribution in [0.1, 0.15) is 44.9 Å². The molecule has 0 heterocycles. The monoisotopic (exact) mass is 171 g/mol. The SMILES string of the molecule is CO.NC12CCCCC1CCC2. The summed E-state index contributed by atoms with van der Waals surface area (Å²) >= 11 is 0. The standard InChI is InChI=1S/C9H17N.CH4O/c10-9-6-2-1-4-8(9)5-3-7-9;1-2/h8H,1-7,10H2;2H,1H3. The van der Waals surface area contributed by atoms with Crippen LogP contribution >= 0.6 is 0 Å². The van der Waals surface area contributed by atoms with E-state index in [1.165, 1.54) is 44.9 Å². The number of aliphatic hydroxyl groups excluding tert-OH is 1. The first-order valence-corrected chi connectivity index (χ1v) is 5.05. The van der Waals surface area contributed by atoms with Gasteiger partial charge >= 0.3 is 0 Å². The molecule has 2 fully saturated rings. The van der Waals surface area contributed by atoms with Gasteiger partial charge in [-0.3, -0.25) is 0 Å². The molecule has 0 aliphatic heterocycles. The molecular weight excluding hydrogens is 150 g/mol. The first-order valence-electron chi connectivity index (χ1n) is 5.05. The molecule has 2 atom stereocenters. The van der Waals surface area contributed by atoms with E-state index in [0.29, 0.717) is 0 Å². The van der Waals surface area contributed by atoms with Crippen molar-refractivity contribution < 1.29 is 5.11 Å². The maximum absolute atomic E-state index is 7.00. The van der Waals surface area contributed by atoms with Gasteiger partial charge in [-0.05, 0) is 31.6 Å². The van der Waals surface area contributed by atoms with Crippen LogP contribution in [-0.4, -0.2) is 17.8 Å². The van der Waals surface area contributed by atoms with Crippen LogP contribution in [0.5, 0.6) is 0 Å². The van der Waals surface area contributed by atoms with E-state index in [1.54, 1.807) is 0 Å². The van der Waals surface area contributed by atoms with Crippen molar-refractivity contribution in [3.8, 4) is 0 Å². The zero-order valence-electron chi connectivity index (χ0n) is 8.05. The van der Waals surface area contributed by atoms with E-state index in [9.17, 15) is 0 Å². The summed E-state index contributed by atoms with van der Waals surface area (Å²) in [5.41, 5.74) is 6.55. The molecule has 0 aromatic carbocycles. The number of aliphatic hydroxyl groups is 1. The lowest BCUT2D eigenvalue weighted by atomic mass is 9.76. The van der Waals surface area contributed by atoms with E-state index in [-0.39, 0.29) is 5.54 Å². The Morgan fingerprint density at radius 3 is 2.33 bits per heavy atom. The molecule has 0 bridgehead atoms. The minimum Gasteiger partial charge on any atom is -0.400 e. The molecule has 72 valence electrons. The van der Waals surface area contributed by atoms with Crippen molar-refractivity contribution in [2.75, 3.05) is 7.11 Å². The van der Waals surface area contributed by atoms with Gasteiger partial charge in [-0.1, -0.05) is 19.3 Å². The lowest BCUT2D eigenvalue weighted by molar-refractivity contribution is 0.226. The summed E-state index contributed by atoms with van der Waals surface area (Å²) in [7, 11) is 1.00. The van der Waals surface area contributed by atoms with E-state index in [0.717, 1.165) is 13.0 Å². The average molecular weight is 171 g/mol. The van der Waals surface area contributed by atoms with Gasteiger partial charge in [0, 0.05) is 12.6 Å². The minimum absolute atomic E-state index is 0.290. The maximum atomic E-state index is 7.00. The Kier molecular flexibility index (Phi) is 3.53. The van der Waals surface area contributed by atoms with Gasteiger partial charge in [-0.2, -0.15) is 0 Å². The van der Waals surface area contributed by atoms with Crippen LogP contribution in [0.15, 0.2) is 0 Å². The highest BCUT2D eigenvalue weighted by molar-refractivity contribution is 4.98. The van der Waals surface area contributed by atoms with Crippen LogP contribution in [-0.2, 0) is 0 Å². The smallest absolute Gasteiger partial charge is 0.0319 e. The molecule has 2 nitrogen and oxygen atoms in total. The largest absolute Gasteiger partial charge is 0.400 e. The highest BCUT2D eigenvalue weighted by atomic mass is 16.2. The Morgan fingerprint density at radius 1 is 1.08 bits per heavy atom. The van der Waals surface area contributed by atoms with Gasteiger partial charge in [0.15, 0.2) is 0 Å². The summed E-state index contributed by atoms with van der Waals surface area (Å²) in [5, 5.41) is 7.00. The molecule has 2 heteroatoms. The summed E-state index contributed by atoms with van der Waals surface area (Å²) in [6.45, 7) is 0. The lowest BCUT2D eigenvalue weighted by Gasteiger charge is -2.35. The minimum atomic E-state index is 0.290. The number of hydrogen-bond donors (Lipinski definition) is 2. The molecule has 0 saturated heterocycles. The Morgan fingerprint density at radius 2 is 1.67 bits per heavy atom. The van der Waals surface area contributed by atoms with Crippen molar-refractivity contribution in [2.24, 2.45) is 11.7 Å². The van der Waals surface area contributed by atoms with E-state index in [2.05, 4.69) is 0 Å². The highest BCUT2D eigenvalue weighted by Crippen LogP contribution is 2.43. The van der Waals surface area contributed by atoms with Crippen molar-refractivity contribution in [3.63, 3.8) is 0 Å². The summed E-state index contributed by atoms with van der Waals surface area (Å²) < 4.78 is 0. The van der Waals surface area contributed by atoms with Crippen LogP contribution in [0.3, 0.4) is 0 Å². The molecule has 2 aliphatic rings. The zero-order chi connectivity index (χ0) is 9.03. The van der Waals surface area contributed by atoms with Crippen molar-refractivity contribution in [3.05, 3.63) is 0 Å². The Hall–Kier alpha value is -0.0800. The topological polar surface area (TPSA) is 46.2 Å². The quantitative estimate of drug-likeness (QED) is 0.582. The van der Waals surface area contributed by atoms with Gasteiger partial charge in [0.2, 0.25) is 0 Å². The van der Waals surface area contributed by atoms with Gasteiger partial charge in [0.05, 0.1) is 0 Å². The molecule has 0 aromatic rings. The predicted octanol–water partition coefficient (Wildman–Crippen LogP) is 1.67. The first kappa shape index (κ1) is 10.0. The normalized spacial score (nSPS) is 39.8. The fraction of sp³-hybridized carbons (Fsp3) is 1.00. The molecule has 2 saturated carbocycles. The van der Waals surface area contributed by atoms with Gasteiger partial charge < -0.3 is 10.8 Å². The maximum Gasteiger partial charge on any atom is 0.0319 e. The summed E-state index contributed by atoms with van der Waals surface area (Å²) in [4.78, 5) is 0. The molecule has 2 aliphatic carbocycles. The van der Waals surface area contributed by atoms with Crippen molar-refractivity contribution in [1.29, 1.82) is 0 Å². The van der Waals surface area contributed by atoms with E-state index < -0.39 is 0 Å². The fourth-order valence-electron chi connectivity index (χ4n) is 2.77. The second-order valence-corrected chi connectivity index (χ2v) is 4.07. The molecule has 0 radical (unpaired) electrons. The second-order valence-electron chi connectivity index (χ2n) is 4.07. The molecule has 2 unspecified atom stereocenters. The van der Waals surface area contributed by atoms with Gasteiger partial charge in [-0.25, -0.2) is 0 Å². The summed E-state index contributed by atoms with van der Waals surface area (Å²) in [6.07, 6.45) is 9.64. The number of hydrogen-bond acceptors (Lipinski definition) is 2. The van der Waals surface area contributed by atoms with Crippen molar-refractivity contribution in [2.45, 2.75) is 50.5 Å².